The second-order valence-electron chi connectivity index (χ2n) is 8.26. The Bertz CT molecular complexity index is 1250. The predicted molar refractivity (Wildman–Crippen MR) is 136 cm³/mol. The van der Waals surface area contributed by atoms with Crippen LogP contribution < -0.4 is 15.5 Å². The monoisotopic (exact) mass is 512 g/mol. The topological polar surface area (TPSA) is 158 Å². The summed E-state index contributed by atoms with van der Waals surface area (Å²) in [5.41, 5.74) is 2.22. The SMILES string of the molecule is COCC(OC)C(C)NC(=N)c1c(O)nsc1Nc1ccc(C(=O)N2CCc3nc(C)ncc32)cn1. The second kappa shape index (κ2) is 10.9. The summed E-state index contributed by atoms with van der Waals surface area (Å²) < 4.78 is 14.5. The number of pyridine rings is 1. The van der Waals surface area contributed by atoms with Gasteiger partial charge in [-0.1, -0.05) is 0 Å². The normalized spacial score (nSPS) is 14.3. The van der Waals surface area contributed by atoms with Gasteiger partial charge in [-0.05, 0) is 37.5 Å². The molecule has 2 unspecified atom stereocenters. The average Bonchev–Trinajstić information content (AvgIpc) is 3.45. The number of carbonyl (C=O) groups excluding carboxylic acids is 1. The molecule has 2 atom stereocenters. The first-order valence-corrected chi connectivity index (χ1v) is 12.0. The van der Waals surface area contributed by atoms with E-state index in [0.717, 1.165) is 22.9 Å². The maximum Gasteiger partial charge on any atom is 0.259 e. The highest BCUT2D eigenvalue weighted by Gasteiger charge is 2.28. The van der Waals surface area contributed by atoms with Crippen molar-refractivity contribution in [2.24, 2.45) is 0 Å². The van der Waals surface area contributed by atoms with Crippen molar-refractivity contribution in [1.82, 2.24) is 24.6 Å². The summed E-state index contributed by atoms with van der Waals surface area (Å²) in [6.07, 6.45) is 3.56. The molecule has 4 rings (SSSR count). The van der Waals surface area contributed by atoms with Gasteiger partial charge < -0.3 is 30.1 Å². The van der Waals surface area contributed by atoms with Gasteiger partial charge in [0.15, 0.2) is 0 Å². The number of hydrogen-bond donors (Lipinski definition) is 4. The van der Waals surface area contributed by atoms with E-state index in [2.05, 4.69) is 30.0 Å². The van der Waals surface area contributed by atoms with Crippen molar-refractivity contribution in [3.63, 3.8) is 0 Å². The fraction of sp³-hybridized carbons (Fsp3) is 0.391. The highest BCUT2D eigenvalue weighted by Crippen LogP contribution is 2.32. The van der Waals surface area contributed by atoms with Crippen LogP contribution in [0.15, 0.2) is 24.5 Å². The molecule has 4 heterocycles. The third kappa shape index (κ3) is 5.27. The van der Waals surface area contributed by atoms with Gasteiger partial charge in [0.25, 0.3) is 5.91 Å². The van der Waals surface area contributed by atoms with Crippen molar-refractivity contribution in [3.8, 4) is 5.88 Å². The fourth-order valence-corrected chi connectivity index (χ4v) is 4.61. The first-order chi connectivity index (χ1) is 17.3. The summed E-state index contributed by atoms with van der Waals surface area (Å²) in [4.78, 5) is 27.7. The van der Waals surface area contributed by atoms with Crippen LogP contribution >= 0.6 is 11.5 Å². The van der Waals surface area contributed by atoms with Crippen LogP contribution in [0.25, 0.3) is 0 Å². The second-order valence-corrected chi connectivity index (χ2v) is 9.03. The van der Waals surface area contributed by atoms with Gasteiger partial charge in [-0.25, -0.2) is 15.0 Å². The van der Waals surface area contributed by atoms with Gasteiger partial charge in [-0.3, -0.25) is 10.2 Å². The number of methoxy groups -OCH3 is 2. The van der Waals surface area contributed by atoms with E-state index < -0.39 is 0 Å². The van der Waals surface area contributed by atoms with Gasteiger partial charge >= 0.3 is 0 Å². The number of fused-ring (bicyclic) bond motifs is 1. The number of aryl methyl sites for hydroxylation is 1. The molecule has 0 aliphatic carbocycles. The Hall–Kier alpha value is -3.68. The predicted octanol–water partition coefficient (Wildman–Crippen LogP) is 2.25. The van der Waals surface area contributed by atoms with E-state index in [-0.39, 0.29) is 35.3 Å². The van der Waals surface area contributed by atoms with Gasteiger partial charge in [0.05, 0.1) is 35.8 Å². The Morgan fingerprint density at radius 3 is 2.81 bits per heavy atom. The average molecular weight is 513 g/mol. The quantitative estimate of drug-likeness (QED) is 0.247. The van der Waals surface area contributed by atoms with Crippen molar-refractivity contribution in [2.45, 2.75) is 32.4 Å². The molecule has 0 spiro atoms. The van der Waals surface area contributed by atoms with Crippen molar-refractivity contribution in [2.75, 3.05) is 37.6 Å². The fourth-order valence-electron chi connectivity index (χ4n) is 3.90. The molecule has 4 N–H and O–H groups in total. The summed E-state index contributed by atoms with van der Waals surface area (Å²) in [6.45, 7) is 4.57. The lowest BCUT2D eigenvalue weighted by molar-refractivity contribution is 0.0126. The van der Waals surface area contributed by atoms with Crippen molar-refractivity contribution < 1.29 is 19.4 Å². The molecule has 13 heteroatoms. The minimum absolute atomic E-state index is 0.0219. The Morgan fingerprint density at radius 1 is 1.31 bits per heavy atom. The highest BCUT2D eigenvalue weighted by atomic mass is 32.1. The number of anilines is 3. The zero-order valence-electron chi connectivity index (χ0n) is 20.4. The number of rotatable bonds is 9. The summed E-state index contributed by atoms with van der Waals surface area (Å²) in [7, 11) is 3.14. The molecule has 190 valence electrons. The molecule has 0 fully saturated rings. The summed E-state index contributed by atoms with van der Waals surface area (Å²) in [5.74, 6) is 0.642. The molecular formula is C23H28N8O4S. The molecule has 36 heavy (non-hydrogen) atoms. The molecule has 1 amide bonds. The number of hydrogen-bond acceptors (Lipinski definition) is 11. The molecule has 0 saturated heterocycles. The van der Waals surface area contributed by atoms with Crippen LogP contribution in [0.3, 0.4) is 0 Å². The van der Waals surface area contributed by atoms with E-state index in [1.54, 1.807) is 37.4 Å². The van der Waals surface area contributed by atoms with E-state index >= 15 is 0 Å². The number of amides is 1. The van der Waals surface area contributed by atoms with Crippen LogP contribution in [0.5, 0.6) is 5.88 Å². The van der Waals surface area contributed by atoms with Gasteiger partial charge in [0.2, 0.25) is 5.88 Å². The molecule has 12 nitrogen and oxygen atoms in total. The van der Waals surface area contributed by atoms with E-state index in [0.29, 0.717) is 41.8 Å². The molecule has 1 aliphatic rings. The smallest absolute Gasteiger partial charge is 0.259 e. The first kappa shape index (κ1) is 25.4. The van der Waals surface area contributed by atoms with Crippen molar-refractivity contribution in [1.29, 1.82) is 5.41 Å². The Balaban J connectivity index is 1.45. The summed E-state index contributed by atoms with van der Waals surface area (Å²) in [6, 6.07) is 3.07. The molecule has 3 aromatic rings. The van der Waals surface area contributed by atoms with Crippen LogP contribution in [0, 0.1) is 12.3 Å². The number of aromatic hydroxyl groups is 1. The lowest BCUT2D eigenvalue weighted by Gasteiger charge is -2.24. The summed E-state index contributed by atoms with van der Waals surface area (Å²) >= 11 is 0.998. The zero-order chi connectivity index (χ0) is 25.8. The van der Waals surface area contributed by atoms with Gasteiger partial charge in [0.1, 0.15) is 34.1 Å². The number of amidine groups is 1. The molecule has 0 saturated carbocycles. The number of nitrogens with zero attached hydrogens (tertiary/aromatic N) is 5. The van der Waals surface area contributed by atoms with Crippen molar-refractivity contribution >= 4 is 39.8 Å². The highest BCUT2D eigenvalue weighted by molar-refractivity contribution is 7.11. The molecule has 0 bridgehead atoms. The van der Waals surface area contributed by atoms with E-state index in [1.165, 1.54) is 6.20 Å². The minimum atomic E-state index is -0.287. The van der Waals surface area contributed by atoms with Gasteiger partial charge in [0, 0.05) is 33.4 Å². The lowest BCUT2D eigenvalue weighted by atomic mass is 10.1. The Morgan fingerprint density at radius 2 is 2.11 bits per heavy atom. The van der Waals surface area contributed by atoms with E-state index in [4.69, 9.17) is 14.9 Å². The van der Waals surface area contributed by atoms with E-state index in [9.17, 15) is 9.90 Å². The first-order valence-electron chi connectivity index (χ1n) is 11.3. The number of ether oxygens (including phenoxy) is 2. The van der Waals surface area contributed by atoms with Crippen LogP contribution in [0.2, 0.25) is 0 Å². The minimum Gasteiger partial charge on any atom is -0.492 e. The van der Waals surface area contributed by atoms with Crippen LogP contribution in [0.4, 0.5) is 16.5 Å². The van der Waals surface area contributed by atoms with Gasteiger partial charge in [-0.2, -0.15) is 4.37 Å². The molecule has 3 aromatic heterocycles. The summed E-state index contributed by atoms with van der Waals surface area (Å²) in [5, 5.41) is 25.3. The van der Waals surface area contributed by atoms with Crippen LogP contribution in [0.1, 0.15) is 34.4 Å². The number of nitrogens with one attached hydrogen (secondary N) is 3. The van der Waals surface area contributed by atoms with Crippen molar-refractivity contribution in [3.05, 3.63) is 47.2 Å². The van der Waals surface area contributed by atoms with Gasteiger partial charge in [-0.15, -0.1) is 0 Å². The largest absolute Gasteiger partial charge is 0.492 e. The van der Waals surface area contributed by atoms with E-state index in [1.807, 2.05) is 13.8 Å². The standard InChI is InChI=1S/C23H28N8O4S/c1-12(17(35-4)11-34-3)27-20(24)19-21(32)30-36-22(19)29-18-6-5-14(9-26-18)23(33)31-8-7-15-16(31)10-25-13(2)28-15/h5-6,9-10,12,17H,7-8,11H2,1-4H3,(H2,24,27)(H,26,29)(H,30,32). The lowest BCUT2D eigenvalue weighted by Crippen LogP contribution is -2.44. The number of aromatic nitrogens is 4. The maximum atomic E-state index is 13.1. The number of carbonyl (C=O) groups is 1. The molecule has 0 aromatic carbocycles. The molecule has 1 aliphatic heterocycles. The third-order valence-electron chi connectivity index (χ3n) is 5.81. The van der Waals surface area contributed by atoms with Crippen LogP contribution in [-0.2, 0) is 15.9 Å². The Kier molecular flexibility index (Phi) is 7.72. The molecular weight excluding hydrogens is 484 g/mol. The maximum absolute atomic E-state index is 13.1. The molecule has 0 radical (unpaired) electrons. The van der Waals surface area contributed by atoms with Crippen LogP contribution in [-0.4, -0.2) is 75.7 Å². The third-order valence-corrected chi connectivity index (χ3v) is 6.57. The zero-order valence-corrected chi connectivity index (χ0v) is 21.2. The Labute approximate surface area is 212 Å².